The highest BCUT2D eigenvalue weighted by Crippen LogP contribution is 2.34. The van der Waals surface area contributed by atoms with Gasteiger partial charge in [-0.1, -0.05) is 24.3 Å². The molecule has 1 unspecified atom stereocenters. The fraction of sp³-hybridized carbons (Fsp3) is 0.261. The molecule has 4 heterocycles. The summed E-state index contributed by atoms with van der Waals surface area (Å²) in [4.78, 5) is 15.9. The summed E-state index contributed by atoms with van der Waals surface area (Å²) < 4.78 is 2.22. The second kappa shape index (κ2) is 7.64. The number of fused-ring (bicyclic) bond motifs is 1. The summed E-state index contributed by atoms with van der Waals surface area (Å²) in [5.41, 5.74) is 3.76. The van der Waals surface area contributed by atoms with Crippen molar-refractivity contribution in [2.75, 3.05) is 11.9 Å². The Morgan fingerprint density at radius 2 is 1.90 bits per heavy atom. The minimum atomic E-state index is 0.326. The molecule has 0 bridgehead atoms. The summed E-state index contributed by atoms with van der Waals surface area (Å²) in [6, 6.07) is 16.9. The lowest BCUT2D eigenvalue weighted by Gasteiger charge is -2.24. The number of para-hydroxylation sites is 1. The smallest absolute Gasteiger partial charge is 0.228 e. The van der Waals surface area contributed by atoms with Crippen LogP contribution in [0.5, 0.6) is 0 Å². The molecule has 146 valence electrons. The first-order valence-electron chi connectivity index (χ1n) is 10.1. The standard InChI is InChI=1S/C23H24N6/c1-28-15-17(18-7-2-3-9-20(18)28)16-29-14-5-10-21(29)19-8-4-11-22(26-19)27-23-24-12-6-13-25-23/h2-4,6-9,11-13,15,21H,5,10,14,16H2,1H3,(H,24,25,26,27). The van der Waals surface area contributed by atoms with Gasteiger partial charge in [0, 0.05) is 43.1 Å². The van der Waals surface area contributed by atoms with Crippen LogP contribution in [0.2, 0.25) is 0 Å². The van der Waals surface area contributed by atoms with Crippen LogP contribution >= 0.6 is 0 Å². The monoisotopic (exact) mass is 384 g/mol. The van der Waals surface area contributed by atoms with Crippen molar-refractivity contribution in [2.45, 2.75) is 25.4 Å². The topological polar surface area (TPSA) is 58.9 Å². The molecule has 1 aliphatic rings. The third kappa shape index (κ3) is 3.59. The summed E-state index contributed by atoms with van der Waals surface area (Å²) in [6.45, 7) is 2.03. The molecule has 1 atom stereocenters. The van der Waals surface area contributed by atoms with Crippen LogP contribution in [-0.2, 0) is 13.6 Å². The molecule has 5 rings (SSSR count). The van der Waals surface area contributed by atoms with E-state index in [1.165, 1.54) is 22.9 Å². The number of benzene rings is 1. The van der Waals surface area contributed by atoms with Crippen molar-refractivity contribution in [3.63, 3.8) is 0 Å². The Hall–Kier alpha value is -3.25. The van der Waals surface area contributed by atoms with Gasteiger partial charge < -0.3 is 9.88 Å². The average molecular weight is 384 g/mol. The molecule has 1 fully saturated rings. The first-order valence-corrected chi connectivity index (χ1v) is 10.1. The number of aryl methyl sites for hydroxylation is 1. The van der Waals surface area contributed by atoms with Gasteiger partial charge in [-0.05, 0) is 49.2 Å². The second-order valence-electron chi connectivity index (χ2n) is 7.56. The number of anilines is 2. The van der Waals surface area contributed by atoms with Gasteiger partial charge in [-0.25, -0.2) is 15.0 Å². The van der Waals surface area contributed by atoms with E-state index in [0.29, 0.717) is 12.0 Å². The van der Waals surface area contributed by atoms with Crippen LogP contribution in [0.15, 0.2) is 67.1 Å². The number of likely N-dealkylation sites (tertiary alicyclic amines) is 1. The van der Waals surface area contributed by atoms with Gasteiger partial charge in [0.05, 0.1) is 11.7 Å². The van der Waals surface area contributed by atoms with Crippen molar-refractivity contribution in [1.82, 2.24) is 24.4 Å². The molecule has 0 spiro atoms. The highest BCUT2D eigenvalue weighted by Gasteiger charge is 2.28. The SMILES string of the molecule is Cn1cc(CN2CCCC2c2cccc(Nc3ncccn3)n2)c2ccccc21. The maximum absolute atomic E-state index is 4.87. The third-order valence-electron chi connectivity index (χ3n) is 5.63. The molecule has 4 aromatic rings. The predicted octanol–water partition coefficient (Wildman–Crippen LogP) is 4.44. The Balaban J connectivity index is 1.39. The fourth-order valence-corrected chi connectivity index (χ4v) is 4.31. The van der Waals surface area contributed by atoms with Gasteiger partial charge in [0.2, 0.25) is 5.95 Å². The van der Waals surface area contributed by atoms with Crippen LogP contribution in [0.25, 0.3) is 10.9 Å². The molecule has 29 heavy (non-hydrogen) atoms. The number of nitrogens with one attached hydrogen (secondary N) is 1. The highest BCUT2D eigenvalue weighted by molar-refractivity contribution is 5.83. The molecular formula is C23H24N6. The Bertz CT molecular complexity index is 1120. The lowest BCUT2D eigenvalue weighted by atomic mass is 10.1. The number of hydrogen-bond donors (Lipinski definition) is 1. The molecule has 0 radical (unpaired) electrons. The normalized spacial score (nSPS) is 17.1. The van der Waals surface area contributed by atoms with Gasteiger partial charge in [0.1, 0.15) is 5.82 Å². The zero-order valence-electron chi connectivity index (χ0n) is 16.5. The van der Waals surface area contributed by atoms with Gasteiger partial charge in [0.25, 0.3) is 0 Å². The predicted molar refractivity (Wildman–Crippen MR) is 115 cm³/mol. The Labute approximate surface area is 170 Å². The number of rotatable bonds is 5. The van der Waals surface area contributed by atoms with Crippen molar-refractivity contribution in [1.29, 1.82) is 0 Å². The van der Waals surface area contributed by atoms with Crippen LogP contribution in [0, 0.1) is 0 Å². The zero-order chi connectivity index (χ0) is 19.6. The summed E-state index contributed by atoms with van der Waals surface area (Å²) >= 11 is 0. The fourth-order valence-electron chi connectivity index (χ4n) is 4.31. The molecule has 1 aliphatic heterocycles. The first kappa shape index (κ1) is 17.8. The Morgan fingerprint density at radius 3 is 2.79 bits per heavy atom. The van der Waals surface area contributed by atoms with Crippen LogP contribution in [0.4, 0.5) is 11.8 Å². The summed E-state index contributed by atoms with van der Waals surface area (Å²) in [5.74, 6) is 1.35. The van der Waals surface area contributed by atoms with E-state index in [0.717, 1.165) is 31.0 Å². The van der Waals surface area contributed by atoms with Crippen LogP contribution in [0.3, 0.4) is 0 Å². The van der Waals surface area contributed by atoms with E-state index >= 15 is 0 Å². The van der Waals surface area contributed by atoms with Crippen molar-refractivity contribution >= 4 is 22.7 Å². The molecule has 6 nitrogen and oxygen atoms in total. The molecule has 1 saturated heterocycles. The summed E-state index contributed by atoms with van der Waals surface area (Å²) in [6.07, 6.45) is 8.03. The minimum absolute atomic E-state index is 0.326. The van der Waals surface area contributed by atoms with Gasteiger partial charge in [0.15, 0.2) is 0 Å². The van der Waals surface area contributed by atoms with E-state index < -0.39 is 0 Å². The van der Waals surface area contributed by atoms with Gasteiger partial charge >= 0.3 is 0 Å². The molecule has 1 N–H and O–H groups in total. The van der Waals surface area contributed by atoms with Crippen molar-refractivity contribution in [3.8, 4) is 0 Å². The molecule has 1 aromatic carbocycles. The Morgan fingerprint density at radius 1 is 1.03 bits per heavy atom. The molecule has 3 aromatic heterocycles. The van der Waals surface area contributed by atoms with E-state index in [9.17, 15) is 0 Å². The zero-order valence-corrected chi connectivity index (χ0v) is 16.5. The quantitative estimate of drug-likeness (QED) is 0.551. The van der Waals surface area contributed by atoms with Crippen molar-refractivity contribution in [3.05, 3.63) is 78.4 Å². The molecular weight excluding hydrogens is 360 g/mol. The van der Waals surface area contributed by atoms with Gasteiger partial charge in [-0.3, -0.25) is 4.90 Å². The van der Waals surface area contributed by atoms with Gasteiger partial charge in [-0.2, -0.15) is 0 Å². The molecule has 0 aliphatic carbocycles. The largest absolute Gasteiger partial charge is 0.350 e. The summed E-state index contributed by atoms with van der Waals surface area (Å²) in [5, 5.41) is 4.54. The van der Waals surface area contributed by atoms with Crippen LogP contribution in [-0.4, -0.2) is 31.0 Å². The molecule has 0 amide bonds. The minimum Gasteiger partial charge on any atom is -0.350 e. The second-order valence-corrected chi connectivity index (χ2v) is 7.56. The third-order valence-corrected chi connectivity index (χ3v) is 5.63. The Kier molecular flexibility index (Phi) is 4.69. The number of pyridine rings is 1. The van der Waals surface area contributed by atoms with Gasteiger partial charge in [-0.15, -0.1) is 0 Å². The van der Waals surface area contributed by atoms with E-state index in [4.69, 9.17) is 4.98 Å². The average Bonchev–Trinajstić information content (AvgIpc) is 3.34. The first-order chi connectivity index (χ1) is 14.3. The number of aromatic nitrogens is 4. The van der Waals surface area contributed by atoms with Crippen molar-refractivity contribution < 1.29 is 0 Å². The molecule has 6 heteroatoms. The molecule has 0 saturated carbocycles. The summed E-state index contributed by atoms with van der Waals surface area (Å²) in [7, 11) is 2.12. The highest BCUT2D eigenvalue weighted by atomic mass is 15.2. The van der Waals surface area contributed by atoms with E-state index in [1.54, 1.807) is 18.5 Å². The maximum Gasteiger partial charge on any atom is 0.228 e. The number of hydrogen-bond acceptors (Lipinski definition) is 5. The van der Waals surface area contributed by atoms with E-state index in [2.05, 4.69) is 74.4 Å². The number of nitrogens with zero attached hydrogens (tertiary/aromatic N) is 5. The lowest BCUT2D eigenvalue weighted by Crippen LogP contribution is -2.23. The van der Waals surface area contributed by atoms with Crippen LogP contribution in [0.1, 0.15) is 30.1 Å². The van der Waals surface area contributed by atoms with Crippen molar-refractivity contribution in [2.24, 2.45) is 7.05 Å². The lowest BCUT2D eigenvalue weighted by molar-refractivity contribution is 0.245. The van der Waals surface area contributed by atoms with E-state index in [-0.39, 0.29) is 0 Å². The van der Waals surface area contributed by atoms with Crippen LogP contribution < -0.4 is 5.32 Å². The maximum atomic E-state index is 4.87. The van der Waals surface area contributed by atoms with E-state index in [1.807, 2.05) is 6.07 Å².